The van der Waals surface area contributed by atoms with E-state index in [2.05, 4.69) is 15.9 Å². The van der Waals surface area contributed by atoms with Gasteiger partial charge in [-0.3, -0.25) is 0 Å². The summed E-state index contributed by atoms with van der Waals surface area (Å²) in [5.74, 6) is -0.396. The lowest BCUT2D eigenvalue weighted by atomic mass is 10.2. The van der Waals surface area contributed by atoms with Crippen LogP contribution in [0, 0.1) is 0 Å². The summed E-state index contributed by atoms with van der Waals surface area (Å²) in [4.78, 5) is 12.8. The van der Waals surface area contributed by atoms with E-state index in [1.165, 1.54) is 6.07 Å². The first-order valence-electron chi connectivity index (χ1n) is 4.80. The van der Waals surface area contributed by atoms with E-state index in [-0.39, 0.29) is 5.56 Å². The number of carboxylic acids is 1. The average molecular weight is 288 g/mol. The van der Waals surface area contributed by atoms with Crippen LogP contribution in [-0.4, -0.2) is 43.2 Å². The third kappa shape index (κ3) is 4.20. The maximum absolute atomic E-state index is 10.8. The number of carbonyl (C=O) groups is 1. The summed E-state index contributed by atoms with van der Waals surface area (Å²) in [7, 11) is 3.90. The van der Waals surface area contributed by atoms with Gasteiger partial charge in [0, 0.05) is 11.0 Å². The molecule has 0 aromatic heterocycles. The molecule has 0 spiro atoms. The van der Waals surface area contributed by atoms with Crippen molar-refractivity contribution in [3.63, 3.8) is 0 Å². The van der Waals surface area contributed by atoms with Crippen LogP contribution in [0.3, 0.4) is 0 Å². The highest BCUT2D eigenvalue weighted by Gasteiger charge is 2.06. The summed E-state index contributed by atoms with van der Waals surface area (Å²) in [5.41, 5.74) is 0.217. The number of likely N-dealkylation sites (N-methyl/N-ethyl adjacent to an activating group) is 1. The van der Waals surface area contributed by atoms with Gasteiger partial charge in [-0.25, -0.2) is 4.79 Å². The second-order valence-corrected chi connectivity index (χ2v) is 4.55. The molecule has 1 N–H and O–H groups in total. The van der Waals surface area contributed by atoms with E-state index in [4.69, 9.17) is 9.84 Å². The van der Waals surface area contributed by atoms with Gasteiger partial charge >= 0.3 is 5.97 Å². The molecule has 1 aromatic rings. The van der Waals surface area contributed by atoms with E-state index in [1.807, 2.05) is 19.0 Å². The Balaban J connectivity index is 2.69. The van der Waals surface area contributed by atoms with Crippen LogP contribution in [0.1, 0.15) is 10.4 Å². The molecular formula is C11H14BrNO3. The molecule has 0 aliphatic carbocycles. The SMILES string of the molecule is CN(C)CCOc1cc(Br)cc(C(=O)O)c1. The lowest BCUT2D eigenvalue weighted by Gasteiger charge is -2.11. The number of carboxylic acid groups (broad SMARTS) is 1. The molecule has 0 aliphatic rings. The summed E-state index contributed by atoms with van der Waals surface area (Å²) in [6.45, 7) is 1.32. The van der Waals surface area contributed by atoms with E-state index >= 15 is 0 Å². The topological polar surface area (TPSA) is 49.8 Å². The minimum absolute atomic E-state index is 0.217. The van der Waals surface area contributed by atoms with E-state index in [0.717, 1.165) is 6.54 Å². The smallest absolute Gasteiger partial charge is 0.335 e. The van der Waals surface area contributed by atoms with Crippen molar-refractivity contribution in [3.05, 3.63) is 28.2 Å². The van der Waals surface area contributed by atoms with E-state index in [0.29, 0.717) is 16.8 Å². The zero-order valence-electron chi connectivity index (χ0n) is 9.24. The molecule has 0 bridgehead atoms. The number of hydrogen-bond donors (Lipinski definition) is 1. The molecular weight excluding hydrogens is 274 g/mol. The first-order chi connectivity index (χ1) is 7.49. The monoisotopic (exact) mass is 287 g/mol. The Morgan fingerprint density at radius 3 is 2.69 bits per heavy atom. The fraction of sp³-hybridized carbons (Fsp3) is 0.364. The van der Waals surface area contributed by atoms with Crippen molar-refractivity contribution < 1.29 is 14.6 Å². The molecule has 0 heterocycles. The van der Waals surface area contributed by atoms with Crippen molar-refractivity contribution in [1.82, 2.24) is 4.90 Å². The summed E-state index contributed by atoms with van der Waals surface area (Å²) >= 11 is 3.25. The first kappa shape index (κ1) is 13.0. The van der Waals surface area contributed by atoms with Gasteiger partial charge in [0.25, 0.3) is 0 Å². The molecule has 1 aromatic carbocycles. The number of benzene rings is 1. The molecule has 16 heavy (non-hydrogen) atoms. The van der Waals surface area contributed by atoms with Gasteiger partial charge < -0.3 is 14.7 Å². The Bertz CT molecular complexity index is 379. The van der Waals surface area contributed by atoms with Crippen LogP contribution in [0.5, 0.6) is 5.75 Å². The first-order valence-corrected chi connectivity index (χ1v) is 5.60. The predicted molar refractivity (Wildman–Crippen MR) is 65.2 cm³/mol. The van der Waals surface area contributed by atoms with Crippen molar-refractivity contribution in [2.75, 3.05) is 27.2 Å². The normalized spacial score (nSPS) is 10.5. The number of halogens is 1. The number of ether oxygens (including phenoxy) is 1. The van der Waals surface area contributed by atoms with Crippen molar-refractivity contribution >= 4 is 21.9 Å². The van der Waals surface area contributed by atoms with Gasteiger partial charge in [-0.15, -0.1) is 0 Å². The highest BCUT2D eigenvalue weighted by Crippen LogP contribution is 2.21. The van der Waals surface area contributed by atoms with Crippen LogP contribution >= 0.6 is 15.9 Å². The van der Waals surface area contributed by atoms with Crippen LogP contribution in [0.4, 0.5) is 0 Å². The van der Waals surface area contributed by atoms with Gasteiger partial charge in [-0.1, -0.05) is 15.9 Å². The van der Waals surface area contributed by atoms with Crippen molar-refractivity contribution in [2.45, 2.75) is 0 Å². The summed E-state index contributed by atoms with van der Waals surface area (Å²) in [6.07, 6.45) is 0. The molecule has 5 heteroatoms. The van der Waals surface area contributed by atoms with Crippen LogP contribution in [0.15, 0.2) is 22.7 Å². The second-order valence-electron chi connectivity index (χ2n) is 3.63. The Morgan fingerprint density at radius 1 is 1.44 bits per heavy atom. The van der Waals surface area contributed by atoms with Crippen LogP contribution in [0.25, 0.3) is 0 Å². The Labute approximate surface area is 103 Å². The highest BCUT2D eigenvalue weighted by atomic mass is 79.9. The molecule has 88 valence electrons. The number of rotatable bonds is 5. The molecule has 0 aliphatic heterocycles. The number of nitrogens with zero attached hydrogens (tertiary/aromatic N) is 1. The maximum atomic E-state index is 10.8. The summed E-state index contributed by atoms with van der Waals surface area (Å²) in [5, 5.41) is 8.86. The van der Waals surface area contributed by atoms with E-state index in [9.17, 15) is 4.79 Å². The fourth-order valence-electron chi connectivity index (χ4n) is 1.12. The minimum Gasteiger partial charge on any atom is -0.492 e. The lowest BCUT2D eigenvalue weighted by Crippen LogP contribution is -2.19. The second kappa shape index (κ2) is 5.86. The van der Waals surface area contributed by atoms with Crippen LogP contribution < -0.4 is 4.74 Å². The third-order valence-corrected chi connectivity index (χ3v) is 2.38. The molecule has 1 rings (SSSR count). The van der Waals surface area contributed by atoms with Crippen molar-refractivity contribution in [2.24, 2.45) is 0 Å². The average Bonchev–Trinajstić information content (AvgIpc) is 2.16. The fourth-order valence-corrected chi connectivity index (χ4v) is 1.59. The Hall–Kier alpha value is -1.07. The Morgan fingerprint density at radius 2 is 2.12 bits per heavy atom. The highest BCUT2D eigenvalue weighted by molar-refractivity contribution is 9.10. The molecule has 0 saturated carbocycles. The molecule has 0 amide bonds. The van der Waals surface area contributed by atoms with Gasteiger partial charge in [-0.2, -0.15) is 0 Å². The van der Waals surface area contributed by atoms with Crippen molar-refractivity contribution in [1.29, 1.82) is 0 Å². The maximum Gasteiger partial charge on any atom is 0.335 e. The number of aromatic carboxylic acids is 1. The quantitative estimate of drug-likeness (QED) is 0.901. The molecule has 4 nitrogen and oxygen atoms in total. The van der Waals surface area contributed by atoms with Crippen LogP contribution in [-0.2, 0) is 0 Å². The van der Waals surface area contributed by atoms with Gasteiger partial charge in [0.15, 0.2) is 0 Å². The standard InChI is InChI=1S/C11H14BrNO3/c1-13(2)3-4-16-10-6-8(11(14)15)5-9(12)7-10/h5-7H,3-4H2,1-2H3,(H,14,15). The van der Waals surface area contributed by atoms with Crippen LogP contribution in [0.2, 0.25) is 0 Å². The zero-order valence-corrected chi connectivity index (χ0v) is 10.8. The molecule has 0 atom stereocenters. The van der Waals surface area contributed by atoms with Crippen molar-refractivity contribution in [3.8, 4) is 5.75 Å². The molecule has 0 fully saturated rings. The third-order valence-electron chi connectivity index (χ3n) is 1.93. The number of hydrogen-bond acceptors (Lipinski definition) is 3. The zero-order chi connectivity index (χ0) is 12.1. The minimum atomic E-state index is -0.959. The Kier molecular flexibility index (Phi) is 4.76. The lowest BCUT2D eigenvalue weighted by molar-refractivity contribution is 0.0696. The summed E-state index contributed by atoms with van der Waals surface area (Å²) < 4.78 is 6.15. The van der Waals surface area contributed by atoms with E-state index in [1.54, 1.807) is 12.1 Å². The molecule has 0 radical (unpaired) electrons. The molecule has 0 saturated heterocycles. The summed E-state index contributed by atoms with van der Waals surface area (Å²) in [6, 6.07) is 4.81. The van der Waals surface area contributed by atoms with Gasteiger partial charge in [0.05, 0.1) is 5.56 Å². The van der Waals surface area contributed by atoms with Gasteiger partial charge in [-0.05, 0) is 32.3 Å². The molecule has 0 unspecified atom stereocenters. The van der Waals surface area contributed by atoms with Gasteiger partial charge in [0.2, 0.25) is 0 Å². The van der Waals surface area contributed by atoms with Gasteiger partial charge in [0.1, 0.15) is 12.4 Å². The van der Waals surface area contributed by atoms with E-state index < -0.39 is 5.97 Å². The predicted octanol–water partition coefficient (Wildman–Crippen LogP) is 2.09. The largest absolute Gasteiger partial charge is 0.492 e.